The van der Waals surface area contributed by atoms with Gasteiger partial charge in [-0.25, -0.2) is 4.79 Å². The van der Waals surface area contributed by atoms with Gasteiger partial charge in [-0.1, -0.05) is 83.4 Å². The van der Waals surface area contributed by atoms with Crippen molar-refractivity contribution in [3.8, 4) is 0 Å². The number of carbonyl (C=O) groups excluding carboxylic acids is 1. The van der Waals surface area contributed by atoms with Crippen molar-refractivity contribution in [3.05, 3.63) is 35.9 Å². The number of esters is 1. The summed E-state index contributed by atoms with van der Waals surface area (Å²) in [5, 5.41) is 0. The van der Waals surface area contributed by atoms with Crippen LogP contribution in [0.3, 0.4) is 0 Å². The lowest BCUT2D eigenvalue weighted by Gasteiger charge is -2.05. The zero-order chi connectivity index (χ0) is 16.0. The number of unbranched alkanes of at least 4 members (excludes halogenated alkanes) is 7. The minimum absolute atomic E-state index is 0.203. The maximum Gasteiger partial charge on any atom is 0.338 e. The highest BCUT2D eigenvalue weighted by Gasteiger charge is 2.04. The molecule has 1 rings (SSSR count). The van der Waals surface area contributed by atoms with E-state index in [1.54, 1.807) is 12.1 Å². The van der Waals surface area contributed by atoms with Gasteiger partial charge in [0.05, 0.1) is 12.2 Å². The molecule has 0 saturated carbocycles. The van der Waals surface area contributed by atoms with E-state index in [-0.39, 0.29) is 5.97 Å². The molecule has 124 valence electrons. The Morgan fingerprint density at radius 3 is 2.00 bits per heavy atom. The van der Waals surface area contributed by atoms with Gasteiger partial charge in [-0.05, 0) is 24.5 Å². The number of hydrogen-bond acceptors (Lipinski definition) is 2. The standard InChI is InChI=1S/C20H32O2/c1-18(2)14-10-7-5-3-4-6-8-13-17-22-20(21)19-15-11-9-12-16-19/h9,11-12,15-16,18H,3-8,10,13-14,17H2,1-2H3. The molecule has 0 radical (unpaired) electrons. The van der Waals surface area contributed by atoms with E-state index in [1.807, 2.05) is 18.2 Å². The molecule has 2 heteroatoms. The van der Waals surface area contributed by atoms with Crippen molar-refractivity contribution in [1.82, 2.24) is 0 Å². The maximum atomic E-state index is 11.7. The molecule has 22 heavy (non-hydrogen) atoms. The first-order valence-electron chi connectivity index (χ1n) is 8.92. The summed E-state index contributed by atoms with van der Waals surface area (Å²) in [7, 11) is 0. The largest absolute Gasteiger partial charge is 0.462 e. The first-order chi connectivity index (χ1) is 10.7. The van der Waals surface area contributed by atoms with Gasteiger partial charge in [-0.2, -0.15) is 0 Å². The summed E-state index contributed by atoms with van der Waals surface area (Å²) in [5.74, 6) is 0.643. The van der Waals surface area contributed by atoms with Crippen molar-refractivity contribution in [3.63, 3.8) is 0 Å². The third-order valence-electron chi connectivity index (χ3n) is 3.92. The van der Waals surface area contributed by atoms with Crippen LogP contribution in [-0.2, 0) is 4.74 Å². The highest BCUT2D eigenvalue weighted by Crippen LogP contribution is 2.12. The van der Waals surface area contributed by atoms with E-state index in [0.717, 1.165) is 18.8 Å². The Morgan fingerprint density at radius 2 is 1.41 bits per heavy atom. The summed E-state index contributed by atoms with van der Waals surface area (Å²) in [5.41, 5.74) is 0.642. The van der Waals surface area contributed by atoms with Crippen molar-refractivity contribution < 1.29 is 9.53 Å². The second-order valence-corrected chi connectivity index (χ2v) is 6.51. The fourth-order valence-electron chi connectivity index (χ4n) is 2.54. The van der Waals surface area contributed by atoms with Crippen molar-refractivity contribution in [1.29, 1.82) is 0 Å². The Hall–Kier alpha value is -1.31. The average Bonchev–Trinajstić information content (AvgIpc) is 2.53. The van der Waals surface area contributed by atoms with Crippen LogP contribution in [0.5, 0.6) is 0 Å². The Labute approximate surface area is 136 Å². The molecule has 0 spiro atoms. The van der Waals surface area contributed by atoms with Gasteiger partial charge >= 0.3 is 5.97 Å². The normalized spacial score (nSPS) is 10.9. The van der Waals surface area contributed by atoms with Gasteiger partial charge in [0.2, 0.25) is 0 Å². The lowest BCUT2D eigenvalue weighted by molar-refractivity contribution is 0.0497. The minimum Gasteiger partial charge on any atom is -0.462 e. The summed E-state index contributed by atoms with van der Waals surface area (Å²) < 4.78 is 5.27. The van der Waals surface area contributed by atoms with E-state index < -0.39 is 0 Å². The van der Waals surface area contributed by atoms with Gasteiger partial charge in [0.15, 0.2) is 0 Å². The van der Waals surface area contributed by atoms with Crippen molar-refractivity contribution in [2.75, 3.05) is 6.61 Å². The number of ether oxygens (including phenoxy) is 1. The third kappa shape index (κ3) is 9.59. The lowest BCUT2D eigenvalue weighted by atomic mass is 10.0. The highest BCUT2D eigenvalue weighted by molar-refractivity contribution is 5.89. The Balaban J connectivity index is 1.87. The van der Waals surface area contributed by atoms with Crippen LogP contribution >= 0.6 is 0 Å². The summed E-state index contributed by atoms with van der Waals surface area (Å²) >= 11 is 0. The molecule has 0 unspecified atom stereocenters. The Bertz CT molecular complexity index is 384. The summed E-state index contributed by atoms with van der Waals surface area (Å²) in [4.78, 5) is 11.7. The summed E-state index contributed by atoms with van der Waals surface area (Å²) in [6, 6.07) is 9.21. The zero-order valence-corrected chi connectivity index (χ0v) is 14.4. The predicted octanol–water partition coefficient (Wildman–Crippen LogP) is 6.01. The molecular weight excluding hydrogens is 272 g/mol. The second kappa shape index (κ2) is 12.3. The van der Waals surface area contributed by atoms with E-state index in [2.05, 4.69) is 13.8 Å². The Kier molecular flexibility index (Phi) is 10.4. The van der Waals surface area contributed by atoms with Gasteiger partial charge in [-0.15, -0.1) is 0 Å². The van der Waals surface area contributed by atoms with Crippen LogP contribution in [0.15, 0.2) is 30.3 Å². The Morgan fingerprint density at radius 1 is 0.864 bits per heavy atom. The summed E-state index contributed by atoms with van der Waals surface area (Å²) in [6.45, 7) is 5.14. The molecule has 0 bridgehead atoms. The van der Waals surface area contributed by atoms with Crippen LogP contribution < -0.4 is 0 Å². The van der Waals surface area contributed by atoms with E-state index in [0.29, 0.717) is 12.2 Å². The average molecular weight is 304 g/mol. The van der Waals surface area contributed by atoms with E-state index >= 15 is 0 Å². The minimum atomic E-state index is -0.203. The quantitative estimate of drug-likeness (QED) is 0.349. The van der Waals surface area contributed by atoms with Crippen LogP contribution in [0.2, 0.25) is 0 Å². The molecule has 0 aliphatic heterocycles. The van der Waals surface area contributed by atoms with Gasteiger partial charge in [0, 0.05) is 0 Å². The number of carbonyl (C=O) groups is 1. The number of rotatable bonds is 12. The molecule has 2 nitrogen and oxygen atoms in total. The van der Waals surface area contributed by atoms with E-state index in [9.17, 15) is 4.79 Å². The van der Waals surface area contributed by atoms with Crippen molar-refractivity contribution in [2.24, 2.45) is 5.92 Å². The molecule has 1 aromatic carbocycles. The van der Waals surface area contributed by atoms with Gasteiger partial charge in [0.1, 0.15) is 0 Å². The smallest absolute Gasteiger partial charge is 0.338 e. The topological polar surface area (TPSA) is 26.3 Å². The summed E-state index contributed by atoms with van der Waals surface area (Å²) in [6.07, 6.45) is 11.6. The highest BCUT2D eigenvalue weighted by atomic mass is 16.5. The van der Waals surface area contributed by atoms with Crippen LogP contribution in [0.25, 0.3) is 0 Å². The molecule has 0 heterocycles. The zero-order valence-electron chi connectivity index (χ0n) is 14.4. The number of benzene rings is 1. The van der Waals surface area contributed by atoms with Crippen molar-refractivity contribution in [2.45, 2.75) is 71.6 Å². The molecule has 0 aliphatic carbocycles. The van der Waals surface area contributed by atoms with Crippen molar-refractivity contribution >= 4 is 5.97 Å². The predicted molar refractivity (Wildman–Crippen MR) is 93.1 cm³/mol. The van der Waals surface area contributed by atoms with Crippen LogP contribution in [-0.4, -0.2) is 12.6 Å². The molecule has 0 aliphatic rings. The molecule has 0 amide bonds. The first kappa shape index (κ1) is 18.7. The monoisotopic (exact) mass is 304 g/mol. The van der Waals surface area contributed by atoms with Gasteiger partial charge in [0.25, 0.3) is 0 Å². The van der Waals surface area contributed by atoms with Crippen LogP contribution in [0.4, 0.5) is 0 Å². The number of hydrogen-bond donors (Lipinski definition) is 0. The SMILES string of the molecule is CC(C)CCCCCCCCCCOC(=O)c1ccccc1. The first-order valence-corrected chi connectivity index (χ1v) is 8.92. The fraction of sp³-hybridized carbons (Fsp3) is 0.650. The molecule has 0 aromatic heterocycles. The third-order valence-corrected chi connectivity index (χ3v) is 3.92. The lowest BCUT2D eigenvalue weighted by Crippen LogP contribution is -2.06. The maximum absolute atomic E-state index is 11.7. The molecule has 0 saturated heterocycles. The van der Waals surface area contributed by atoms with Gasteiger partial charge in [-0.3, -0.25) is 0 Å². The molecular formula is C20H32O2. The fourth-order valence-corrected chi connectivity index (χ4v) is 2.54. The molecule has 0 N–H and O–H groups in total. The van der Waals surface area contributed by atoms with E-state index in [4.69, 9.17) is 4.74 Å². The van der Waals surface area contributed by atoms with Crippen LogP contribution in [0.1, 0.15) is 82.0 Å². The second-order valence-electron chi connectivity index (χ2n) is 6.51. The van der Waals surface area contributed by atoms with Gasteiger partial charge < -0.3 is 4.74 Å². The van der Waals surface area contributed by atoms with Crippen LogP contribution in [0, 0.1) is 5.92 Å². The molecule has 1 aromatic rings. The molecule has 0 atom stereocenters. The van der Waals surface area contributed by atoms with E-state index in [1.165, 1.54) is 44.9 Å². The molecule has 0 fully saturated rings.